The predicted molar refractivity (Wildman–Crippen MR) is 111 cm³/mol. The summed E-state index contributed by atoms with van der Waals surface area (Å²) in [5.41, 5.74) is 3.71. The minimum Gasteiger partial charge on any atom is -0.379 e. The third kappa shape index (κ3) is 5.20. The maximum absolute atomic E-state index is 12.7. The van der Waals surface area contributed by atoms with E-state index in [1.54, 1.807) is 0 Å². The Balaban J connectivity index is 1.62. The van der Waals surface area contributed by atoms with Crippen molar-refractivity contribution in [2.75, 3.05) is 32.8 Å². The topological polar surface area (TPSA) is 59.4 Å². The number of nitrogens with one attached hydrogen (secondary N) is 1. The van der Waals surface area contributed by atoms with Gasteiger partial charge in [0.05, 0.1) is 24.6 Å². The molecular weight excluding hydrogens is 352 g/mol. The van der Waals surface area contributed by atoms with Crippen molar-refractivity contribution >= 4 is 5.91 Å². The van der Waals surface area contributed by atoms with Crippen LogP contribution in [0.3, 0.4) is 0 Å². The number of ether oxygens (including phenoxy) is 1. The summed E-state index contributed by atoms with van der Waals surface area (Å²) in [6, 6.07) is 10.0. The summed E-state index contributed by atoms with van der Waals surface area (Å²) < 4.78 is 7.37. The molecule has 28 heavy (non-hydrogen) atoms. The number of rotatable bonds is 7. The van der Waals surface area contributed by atoms with Gasteiger partial charge in [0.25, 0.3) is 5.91 Å². The van der Waals surface area contributed by atoms with Crippen LogP contribution in [-0.2, 0) is 4.74 Å². The molecule has 1 aromatic heterocycles. The first-order chi connectivity index (χ1) is 13.4. The predicted octanol–water partition coefficient (Wildman–Crippen LogP) is 2.97. The van der Waals surface area contributed by atoms with Crippen molar-refractivity contribution in [2.24, 2.45) is 5.92 Å². The molecule has 0 spiro atoms. The quantitative estimate of drug-likeness (QED) is 0.797. The van der Waals surface area contributed by atoms with Crippen molar-refractivity contribution in [1.82, 2.24) is 20.0 Å². The Bertz CT molecular complexity index is 776. The number of hydrogen-bond acceptors (Lipinski definition) is 4. The van der Waals surface area contributed by atoms with Gasteiger partial charge in [-0.15, -0.1) is 0 Å². The molecule has 1 N–H and O–H groups in total. The molecule has 1 amide bonds. The Morgan fingerprint density at radius 3 is 2.43 bits per heavy atom. The van der Waals surface area contributed by atoms with Crippen LogP contribution in [0, 0.1) is 19.8 Å². The van der Waals surface area contributed by atoms with E-state index in [0.29, 0.717) is 24.1 Å². The van der Waals surface area contributed by atoms with E-state index in [0.717, 1.165) is 49.8 Å². The molecule has 1 aliphatic heterocycles. The Hall–Kier alpha value is -2.18. The first kappa shape index (κ1) is 20.6. The molecule has 6 nitrogen and oxygen atoms in total. The second kappa shape index (κ2) is 9.34. The van der Waals surface area contributed by atoms with Crippen molar-refractivity contribution in [2.45, 2.75) is 40.2 Å². The molecule has 0 bridgehead atoms. The number of benzene rings is 1. The Morgan fingerprint density at radius 2 is 1.86 bits per heavy atom. The fraction of sp³-hybridized carbons (Fsp3) is 0.545. The zero-order valence-corrected chi connectivity index (χ0v) is 17.4. The van der Waals surface area contributed by atoms with Crippen LogP contribution in [-0.4, -0.2) is 59.5 Å². The molecule has 6 heteroatoms. The summed E-state index contributed by atoms with van der Waals surface area (Å²) in [4.78, 5) is 15.1. The maximum Gasteiger partial charge on any atom is 0.251 e. The largest absolute Gasteiger partial charge is 0.379 e. The number of morpholine rings is 1. The van der Waals surface area contributed by atoms with Gasteiger partial charge in [0.2, 0.25) is 0 Å². The highest BCUT2D eigenvalue weighted by Gasteiger charge is 2.22. The number of aromatic nitrogens is 2. The molecule has 2 heterocycles. The molecule has 2 aromatic rings. The number of amides is 1. The average molecular weight is 385 g/mol. The minimum atomic E-state index is -0.0260. The monoisotopic (exact) mass is 384 g/mol. The molecule has 1 unspecified atom stereocenters. The Labute approximate surface area is 167 Å². The summed E-state index contributed by atoms with van der Waals surface area (Å²) >= 11 is 0. The molecule has 0 aliphatic carbocycles. The molecule has 1 aromatic carbocycles. The lowest BCUT2D eigenvalue weighted by molar-refractivity contribution is 0.0124. The number of carbonyl (C=O) groups is 1. The number of aryl methyl sites for hydroxylation is 2. The first-order valence-electron chi connectivity index (χ1n) is 10.2. The highest BCUT2D eigenvalue weighted by atomic mass is 16.5. The van der Waals surface area contributed by atoms with Crippen molar-refractivity contribution in [1.29, 1.82) is 0 Å². The first-order valence-corrected chi connectivity index (χ1v) is 10.2. The summed E-state index contributed by atoms with van der Waals surface area (Å²) in [6.07, 6.45) is 1.07. The molecule has 1 atom stereocenters. The minimum absolute atomic E-state index is 0.0260. The highest BCUT2D eigenvalue weighted by Crippen LogP contribution is 2.15. The van der Waals surface area contributed by atoms with Crippen LogP contribution in [0.25, 0.3) is 5.69 Å². The zero-order valence-electron chi connectivity index (χ0n) is 17.4. The fourth-order valence-corrected chi connectivity index (χ4v) is 3.81. The van der Waals surface area contributed by atoms with E-state index < -0.39 is 0 Å². The van der Waals surface area contributed by atoms with Crippen LogP contribution in [0.15, 0.2) is 30.3 Å². The number of carbonyl (C=O) groups excluding carboxylic acids is 1. The van der Waals surface area contributed by atoms with Gasteiger partial charge in [0.1, 0.15) is 0 Å². The van der Waals surface area contributed by atoms with E-state index in [1.807, 2.05) is 48.9 Å². The van der Waals surface area contributed by atoms with E-state index in [2.05, 4.69) is 29.2 Å². The zero-order chi connectivity index (χ0) is 20.1. The standard InChI is InChI=1S/C22H32N4O2/c1-16(2)13-21(25-9-11-28-12-10-25)15-23-22(27)19-5-7-20(8-6-19)26-18(4)14-17(3)24-26/h5-8,14,16,21H,9-13,15H2,1-4H3,(H,23,27). The van der Waals surface area contributed by atoms with Gasteiger partial charge in [-0.2, -0.15) is 5.10 Å². The van der Waals surface area contributed by atoms with Crippen LogP contribution in [0.2, 0.25) is 0 Å². The van der Waals surface area contributed by atoms with Crippen molar-refractivity contribution in [3.05, 3.63) is 47.3 Å². The lowest BCUT2D eigenvalue weighted by Gasteiger charge is -2.35. The van der Waals surface area contributed by atoms with Crippen LogP contribution >= 0.6 is 0 Å². The van der Waals surface area contributed by atoms with Gasteiger partial charge in [0.15, 0.2) is 0 Å². The molecule has 152 valence electrons. The van der Waals surface area contributed by atoms with Gasteiger partial charge in [-0.1, -0.05) is 13.8 Å². The second-order valence-electron chi connectivity index (χ2n) is 8.03. The van der Waals surface area contributed by atoms with Crippen LogP contribution in [0.5, 0.6) is 0 Å². The van der Waals surface area contributed by atoms with E-state index in [1.165, 1.54) is 0 Å². The lowest BCUT2D eigenvalue weighted by Crippen LogP contribution is -2.49. The van der Waals surface area contributed by atoms with Gasteiger partial charge in [-0.25, -0.2) is 4.68 Å². The maximum atomic E-state index is 12.7. The Kier molecular flexibility index (Phi) is 6.86. The van der Waals surface area contributed by atoms with Gasteiger partial charge in [0, 0.05) is 36.9 Å². The van der Waals surface area contributed by atoms with Gasteiger partial charge in [-0.05, 0) is 56.5 Å². The van der Waals surface area contributed by atoms with E-state index >= 15 is 0 Å². The van der Waals surface area contributed by atoms with Crippen molar-refractivity contribution in [3.63, 3.8) is 0 Å². The normalized spacial score (nSPS) is 16.3. The SMILES string of the molecule is Cc1cc(C)n(-c2ccc(C(=O)NCC(CC(C)C)N3CCOCC3)cc2)n1. The van der Waals surface area contributed by atoms with E-state index in [9.17, 15) is 4.79 Å². The van der Waals surface area contributed by atoms with Gasteiger partial charge >= 0.3 is 0 Å². The molecule has 1 saturated heterocycles. The smallest absolute Gasteiger partial charge is 0.251 e. The van der Waals surface area contributed by atoms with Crippen LogP contribution < -0.4 is 5.32 Å². The summed E-state index contributed by atoms with van der Waals surface area (Å²) in [6.45, 7) is 12.5. The average Bonchev–Trinajstić information content (AvgIpc) is 3.03. The second-order valence-corrected chi connectivity index (χ2v) is 8.03. The highest BCUT2D eigenvalue weighted by molar-refractivity contribution is 5.94. The third-order valence-electron chi connectivity index (χ3n) is 5.19. The molecule has 0 radical (unpaired) electrons. The molecule has 3 rings (SSSR count). The molecule has 1 fully saturated rings. The summed E-state index contributed by atoms with van der Waals surface area (Å²) in [5.74, 6) is 0.562. The van der Waals surface area contributed by atoms with Crippen LogP contribution in [0.4, 0.5) is 0 Å². The van der Waals surface area contributed by atoms with Crippen molar-refractivity contribution < 1.29 is 9.53 Å². The number of hydrogen-bond donors (Lipinski definition) is 1. The number of nitrogens with zero attached hydrogens (tertiary/aromatic N) is 3. The van der Waals surface area contributed by atoms with Crippen molar-refractivity contribution in [3.8, 4) is 5.69 Å². The van der Waals surface area contributed by atoms with Gasteiger partial charge in [-0.3, -0.25) is 9.69 Å². The molecule has 0 saturated carbocycles. The summed E-state index contributed by atoms with van der Waals surface area (Å²) in [5, 5.41) is 7.63. The summed E-state index contributed by atoms with van der Waals surface area (Å²) in [7, 11) is 0. The molecule has 1 aliphatic rings. The van der Waals surface area contributed by atoms with Crippen LogP contribution in [0.1, 0.15) is 42.0 Å². The lowest BCUT2D eigenvalue weighted by atomic mass is 10.0. The van der Waals surface area contributed by atoms with Gasteiger partial charge < -0.3 is 10.1 Å². The Morgan fingerprint density at radius 1 is 1.18 bits per heavy atom. The molecular formula is C22H32N4O2. The fourth-order valence-electron chi connectivity index (χ4n) is 3.81. The van der Waals surface area contributed by atoms with E-state index in [-0.39, 0.29) is 5.91 Å². The third-order valence-corrected chi connectivity index (χ3v) is 5.19. The van der Waals surface area contributed by atoms with E-state index in [4.69, 9.17) is 4.74 Å².